The molecule has 0 radical (unpaired) electrons. The second-order valence-corrected chi connectivity index (χ2v) is 12.3. The van der Waals surface area contributed by atoms with Gasteiger partial charge in [-0.05, 0) is 46.8 Å². The van der Waals surface area contributed by atoms with Crippen LogP contribution in [-0.4, -0.2) is 64.5 Å². The number of carbonyl (C=O) groups is 1. The van der Waals surface area contributed by atoms with Crippen LogP contribution in [0.1, 0.15) is 21.7 Å². The smallest absolute Gasteiger partial charge is 0.435 e. The summed E-state index contributed by atoms with van der Waals surface area (Å²) in [4.78, 5) is 24.6. The Balaban J connectivity index is 1.84. The fraction of sp³-hybridized carbons (Fsp3) is 0.200. The highest BCUT2D eigenvalue weighted by Gasteiger charge is 2.35. The summed E-state index contributed by atoms with van der Waals surface area (Å²) >= 11 is 5.83. The van der Waals surface area contributed by atoms with Crippen LogP contribution < -0.4 is 10.1 Å². The molecule has 0 amide bonds. The summed E-state index contributed by atoms with van der Waals surface area (Å²) in [5, 5.41) is 17.4. The highest BCUT2D eigenvalue weighted by molar-refractivity contribution is 8.00. The molecule has 0 fully saturated rings. The SMILES string of the molecule is Cc1cc(C(F)(F)F)nn1-c1nc(Nc2ccc(F)c(Cl)c2)ncc1-c1cnc(OCC=S(C)(C)=O)c(C(=O)O)c1. The van der Waals surface area contributed by atoms with E-state index in [0.29, 0.717) is 5.69 Å². The van der Waals surface area contributed by atoms with Crippen molar-refractivity contribution in [2.45, 2.75) is 13.1 Å². The van der Waals surface area contributed by atoms with E-state index in [9.17, 15) is 31.7 Å². The Morgan fingerprint density at radius 2 is 1.93 bits per heavy atom. The van der Waals surface area contributed by atoms with E-state index >= 15 is 0 Å². The monoisotopic (exact) mass is 612 g/mol. The van der Waals surface area contributed by atoms with E-state index < -0.39 is 33.2 Å². The van der Waals surface area contributed by atoms with E-state index in [1.165, 1.54) is 55.4 Å². The van der Waals surface area contributed by atoms with Crippen molar-refractivity contribution in [2.75, 3.05) is 24.4 Å². The van der Waals surface area contributed by atoms with Crippen LogP contribution in [0.2, 0.25) is 5.02 Å². The van der Waals surface area contributed by atoms with Gasteiger partial charge >= 0.3 is 12.1 Å². The predicted molar refractivity (Wildman–Crippen MR) is 145 cm³/mol. The molecule has 4 aromatic rings. The van der Waals surface area contributed by atoms with Crippen LogP contribution >= 0.6 is 11.6 Å². The number of pyridine rings is 1. The number of benzene rings is 1. The fourth-order valence-electron chi connectivity index (χ4n) is 3.47. The molecular formula is C25H21ClF4N6O4S. The Morgan fingerprint density at radius 1 is 1.20 bits per heavy atom. The van der Waals surface area contributed by atoms with Crippen LogP contribution in [0.3, 0.4) is 0 Å². The summed E-state index contributed by atoms with van der Waals surface area (Å²) < 4.78 is 72.1. The van der Waals surface area contributed by atoms with Gasteiger partial charge in [0.05, 0.1) is 5.02 Å². The number of rotatable bonds is 8. The Hall–Kier alpha value is -4.24. The van der Waals surface area contributed by atoms with Crippen LogP contribution in [0.5, 0.6) is 5.88 Å². The number of aromatic carboxylic acids is 1. The lowest BCUT2D eigenvalue weighted by Crippen LogP contribution is -2.12. The molecule has 3 aromatic heterocycles. The van der Waals surface area contributed by atoms with Crippen molar-refractivity contribution in [1.29, 1.82) is 0 Å². The van der Waals surface area contributed by atoms with E-state index in [-0.39, 0.29) is 51.7 Å². The van der Waals surface area contributed by atoms with Gasteiger partial charge in [-0.1, -0.05) is 11.6 Å². The summed E-state index contributed by atoms with van der Waals surface area (Å²) in [7, 11) is -2.27. The first-order chi connectivity index (χ1) is 19.1. The van der Waals surface area contributed by atoms with Gasteiger partial charge in [-0.15, -0.1) is 0 Å². The van der Waals surface area contributed by atoms with Gasteiger partial charge in [0.15, 0.2) is 11.5 Å². The van der Waals surface area contributed by atoms with E-state index in [1.54, 1.807) is 0 Å². The number of aryl methyl sites for hydroxylation is 1. The van der Waals surface area contributed by atoms with Gasteiger partial charge in [0, 0.05) is 52.8 Å². The molecule has 1 aromatic carbocycles. The third kappa shape index (κ3) is 7.10. The van der Waals surface area contributed by atoms with Crippen molar-refractivity contribution in [3.05, 3.63) is 70.5 Å². The predicted octanol–water partition coefficient (Wildman–Crippen LogP) is 5.01. The molecule has 0 aliphatic heterocycles. The first-order valence-corrected chi connectivity index (χ1v) is 14.3. The van der Waals surface area contributed by atoms with E-state index in [2.05, 4.69) is 25.4 Å². The number of hydrogen-bond donors (Lipinski definition) is 2. The number of anilines is 2. The van der Waals surface area contributed by atoms with Crippen LogP contribution in [0.15, 0.2) is 42.7 Å². The standard InChI is InChI=1S/C25H21ClF4N6O4S/c1-13-8-20(25(28,29)30)35-36(13)21-17(12-32-24(34-21)33-15-4-5-19(27)18(26)10-15)14-9-16(23(37)38)22(31-11-14)40-6-7-41(2,3)39/h4-5,7-12H,6H2,1-3H3,(H,37,38)(H,32,33,34). The molecule has 0 saturated carbocycles. The topological polar surface area (TPSA) is 132 Å². The number of carboxylic acids is 1. The molecule has 3 heterocycles. The molecule has 0 aliphatic rings. The molecule has 0 saturated heterocycles. The van der Waals surface area contributed by atoms with Gasteiger partial charge in [0.25, 0.3) is 0 Å². The first-order valence-electron chi connectivity index (χ1n) is 11.5. The quantitative estimate of drug-likeness (QED) is 0.208. The maximum atomic E-state index is 13.6. The van der Waals surface area contributed by atoms with E-state index in [1.807, 2.05) is 0 Å². The molecule has 2 N–H and O–H groups in total. The van der Waals surface area contributed by atoms with Gasteiger partial charge in [0.2, 0.25) is 11.8 Å². The lowest BCUT2D eigenvalue weighted by molar-refractivity contribution is -0.141. The Morgan fingerprint density at radius 3 is 2.54 bits per heavy atom. The number of ether oxygens (including phenoxy) is 1. The number of carboxylic acid groups (broad SMARTS) is 1. The molecule has 0 spiro atoms. The molecule has 0 unspecified atom stereocenters. The van der Waals surface area contributed by atoms with Crippen molar-refractivity contribution in [3.63, 3.8) is 0 Å². The summed E-state index contributed by atoms with van der Waals surface area (Å²) in [6.07, 6.45) is 0.692. The van der Waals surface area contributed by atoms with Crippen LogP contribution in [-0.2, 0) is 15.7 Å². The average molecular weight is 613 g/mol. The highest BCUT2D eigenvalue weighted by atomic mass is 35.5. The number of nitrogens with one attached hydrogen (secondary N) is 1. The Bertz CT molecular complexity index is 1760. The summed E-state index contributed by atoms with van der Waals surface area (Å²) in [5.41, 5.74) is -0.963. The number of hydrogen-bond acceptors (Lipinski definition) is 8. The van der Waals surface area contributed by atoms with Gasteiger partial charge < -0.3 is 15.2 Å². The second kappa shape index (κ2) is 11.3. The number of nitrogens with zero attached hydrogens (tertiary/aromatic N) is 5. The molecule has 10 nitrogen and oxygen atoms in total. The third-order valence-electron chi connectivity index (χ3n) is 5.40. The van der Waals surface area contributed by atoms with E-state index in [4.69, 9.17) is 16.3 Å². The summed E-state index contributed by atoms with van der Waals surface area (Å²) in [6.45, 7) is 1.21. The molecule has 0 aliphatic carbocycles. The Kier molecular flexibility index (Phi) is 8.22. The first kappa shape index (κ1) is 29.7. The molecule has 4 rings (SSSR count). The number of aromatic nitrogens is 5. The second-order valence-electron chi connectivity index (χ2n) is 8.93. The highest BCUT2D eigenvalue weighted by Crippen LogP contribution is 2.33. The molecule has 41 heavy (non-hydrogen) atoms. The lowest BCUT2D eigenvalue weighted by Gasteiger charge is -2.14. The molecule has 16 heteroatoms. The maximum Gasteiger partial charge on any atom is 0.435 e. The van der Waals surface area contributed by atoms with Crippen LogP contribution in [0, 0.1) is 12.7 Å². The third-order valence-corrected chi connectivity index (χ3v) is 6.63. The minimum absolute atomic E-state index is 0.0673. The van der Waals surface area contributed by atoms with Crippen molar-refractivity contribution in [1.82, 2.24) is 24.7 Å². The molecule has 216 valence electrons. The zero-order valence-corrected chi connectivity index (χ0v) is 23.1. The number of alkyl halides is 3. The van der Waals surface area contributed by atoms with Gasteiger partial charge in [-0.2, -0.15) is 23.3 Å². The van der Waals surface area contributed by atoms with Crippen LogP contribution in [0.25, 0.3) is 16.9 Å². The summed E-state index contributed by atoms with van der Waals surface area (Å²) in [6, 6.07) is 5.75. The normalized spacial score (nSPS) is 11.8. The molecule has 0 atom stereocenters. The minimum atomic E-state index is -4.75. The lowest BCUT2D eigenvalue weighted by atomic mass is 10.1. The Labute approximate surface area is 236 Å². The fourth-order valence-corrected chi connectivity index (χ4v) is 4.05. The molecular weight excluding hydrogens is 592 g/mol. The number of halogens is 5. The van der Waals surface area contributed by atoms with Crippen molar-refractivity contribution >= 4 is 44.1 Å². The van der Waals surface area contributed by atoms with Crippen molar-refractivity contribution < 1.29 is 36.4 Å². The minimum Gasteiger partial charge on any atom is -0.477 e. The van der Waals surface area contributed by atoms with Gasteiger partial charge in [0.1, 0.15) is 18.0 Å². The van der Waals surface area contributed by atoms with Gasteiger partial charge in [-0.3, -0.25) is 4.21 Å². The average Bonchev–Trinajstić information content (AvgIpc) is 3.28. The van der Waals surface area contributed by atoms with Crippen molar-refractivity contribution in [3.8, 4) is 22.8 Å². The van der Waals surface area contributed by atoms with Gasteiger partial charge in [-0.25, -0.2) is 23.8 Å². The zero-order chi connectivity index (χ0) is 30.1. The summed E-state index contributed by atoms with van der Waals surface area (Å²) in [5.74, 6) is -2.55. The van der Waals surface area contributed by atoms with E-state index in [0.717, 1.165) is 16.8 Å². The van der Waals surface area contributed by atoms with Crippen LogP contribution in [0.4, 0.5) is 29.2 Å². The largest absolute Gasteiger partial charge is 0.477 e. The van der Waals surface area contributed by atoms with Crippen molar-refractivity contribution in [2.24, 2.45) is 0 Å². The maximum absolute atomic E-state index is 13.6. The zero-order valence-electron chi connectivity index (χ0n) is 21.5. The molecule has 0 bridgehead atoms.